The molecular formula is C14H18Cl2N2O3S. The smallest absolute Gasteiger partial charge is 0.235 e. The molecule has 1 aromatic carbocycles. The summed E-state index contributed by atoms with van der Waals surface area (Å²) in [5.74, 6) is -1.05. The van der Waals surface area contributed by atoms with Crippen LogP contribution in [0.3, 0.4) is 0 Å². The van der Waals surface area contributed by atoms with Gasteiger partial charge in [-0.3, -0.25) is 4.79 Å². The van der Waals surface area contributed by atoms with Crippen LogP contribution < -0.4 is 10.6 Å². The SMILES string of the molecule is Cl.O=C(CS(=O)(=O)c1ccc(Cl)cc1)NCC1=CCNCC1. The van der Waals surface area contributed by atoms with Gasteiger partial charge in [-0.05, 0) is 37.2 Å². The summed E-state index contributed by atoms with van der Waals surface area (Å²) in [5, 5.41) is 6.28. The number of benzene rings is 1. The number of hydrogen-bond donors (Lipinski definition) is 2. The van der Waals surface area contributed by atoms with Crippen LogP contribution in [0.1, 0.15) is 6.42 Å². The van der Waals surface area contributed by atoms with Crippen LogP contribution in [-0.4, -0.2) is 39.7 Å². The third kappa shape index (κ3) is 5.61. The van der Waals surface area contributed by atoms with Gasteiger partial charge in [0.05, 0.1) is 4.90 Å². The fourth-order valence-electron chi connectivity index (χ4n) is 1.99. The lowest BCUT2D eigenvalue weighted by molar-refractivity contribution is -0.118. The monoisotopic (exact) mass is 364 g/mol. The molecule has 2 rings (SSSR count). The molecule has 22 heavy (non-hydrogen) atoms. The van der Waals surface area contributed by atoms with Gasteiger partial charge in [0.15, 0.2) is 9.84 Å². The standard InChI is InChI=1S/C14H17ClN2O3S.ClH/c15-12-1-3-13(4-2-12)21(19,20)10-14(18)17-9-11-5-7-16-8-6-11;/h1-5,16H,6-10H2,(H,17,18);1H. The number of amides is 1. The number of carbonyl (C=O) groups excluding carboxylic acids is 1. The van der Waals surface area contributed by atoms with Crippen LogP contribution in [0.2, 0.25) is 5.02 Å². The summed E-state index contributed by atoms with van der Waals surface area (Å²) in [6, 6.07) is 5.79. The maximum atomic E-state index is 12.1. The lowest BCUT2D eigenvalue weighted by atomic mass is 10.1. The highest BCUT2D eigenvalue weighted by Gasteiger charge is 2.19. The average Bonchev–Trinajstić information content (AvgIpc) is 2.46. The van der Waals surface area contributed by atoms with E-state index in [-0.39, 0.29) is 17.3 Å². The number of nitrogens with one attached hydrogen (secondary N) is 2. The fraction of sp³-hybridized carbons (Fsp3) is 0.357. The largest absolute Gasteiger partial charge is 0.351 e. The van der Waals surface area contributed by atoms with Crippen molar-refractivity contribution in [2.75, 3.05) is 25.4 Å². The Morgan fingerprint density at radius 3 is 2.55 bits per heavy atom. The van der Waals surface area contributed by atoms with Gasteiger partial charge in [0.2, 0.25) is 5.91 Å². The van der Waals surface area contributed by atoms with E-state index in [1.54, 1.807) is 0 Å². The van der Waals surface area contributed by atoms with Crippen molar-refractivity contribution in [2.45, 2.75) is 11.3 Å². The Labute approximate surface area is 141 Å². The van der Waals surface area contributed by atoms with Gasteiger partial charge in [-0.15, -0.1) is 12.4 Å². The van der Waals surface area contributed by atoms with E-state index in [0.29, 0.717) is 11.6 Å². The minimum absolute atomic E-state index is 0. The van der Waals surface area contributed by atoms with Crippen LogP contribution in [0.4, 0.5) is 0 Å². The van der Waals surface area contributed by atoms with Crippen molar-refractivity contribution in [3.05, 3.63) is 40.9 Å². The van der Waals surface area contributed by atoms with Gasteiger partial charge in [-0.25, -0.2) is 8.42 Å². The number of carbonyl (C=O) groups is 1. The highest BCUT2D eigenvalue weighted by atomic mass is 35.5. The first-order valence-electron chi connectivity index (χ1n) is 6.61. The van der Waals surface area contributed by atoms with Crippen molar-refractivity contribution in [1.29, 1.82) is 0 Å². The highest BCUT2D eigenvalue weighted by Crippen LogP contribution is 2.15. The topological polar surface area (TPSA) is 75.3 Å². The van der Waals surface area contributed by atoms with Crippen molar-refractivity contribution < 1.29 is 13.2 Å². The first-order chi connectivity index (χ1) is 9.97. The van der Waals surface area contributed by atoms with Crippen LogP contribution in [0, 0.1) is 0 Å². The van der Waals surface area contributed by atoms with Crippen molar-refractivity contribution in [3.63, 3.8) is 0 Å². The van der Waals surface area contributed by atoms with Crippen molar-refractivity contribution in [2.24, 2.45) is 0 Å². The molecule has 2 N–H and O–H groups in total. The zero-order valence-electron chi connectivity index (χ0n) is 11.8. The predicted molar refractivity (Wildman–Crippen MR) is 89.3 cm³/mol. The Morgan fingerprint density at radius 2 is 1.95 bits per heavy atom. The second kappa shape index (κ2) is 8.53. The van der Waals surface area contributed by atoms with E-state index in [2.05, 4.69) is 10.6 Å². The molecule has 0 fully saturated rings. The maximum Gasteiger partial charge on any atom is 0.235 e. The minimum Gasteiger partial charge on any atom is -0.351 e. The molecule has 0 unspecified atom stereocenters. The molecule has 0 spiro atoms. The third-order valence-corrected chi connectivity index (χ3v) is 5.05. The summed E-state index contributed by atoms with van der Waals surface area (Å²) in [5.41, 5.74) is 1.12. The van der Waals surface area contributed by atoms with Gasteiger partial charge >= 0.3 is 0 Å². The molecule has 1 aromatic rings. The molecule has 0 atom stereocenters. The molecule has 0 aliphatic carbocycles. The molecule has 0 aromatic heterocycles. The van der Waals surface area contributed by atoms with Crippen LogP contribution >= 0.6 is 24.0 Å². The Hall–Kier alpha value is -1.08. The second-order valence-corrected chi connectivity index (χ2v) is 7.23. The van der Waals surface area contributed by atoms with Crippen LogP contribution in [0.25, 0.3) is 0 Å². The van der Waals surface area contributed by atoms with E-state index in [0.717, 1.165) is 25.1 Å². The average molecular weight is 365 g/mol. The molecule has 1 aliphatic heterocycles. The van der Waals surface area contributed by atoms with E-state index in [1.165, 1.54) is 24.3 Å². The number of rotatable bonds is 5. The molecule has 0 bridgehead atoms. The normalized spacial score (nSPS) is 14.7. The van der Waals surface area contributed by atoms with Gasteiger partial charge < -0.3 is 10.6 Å². The molecule has 8 heteroatoms. The van der Waals surface area contributed by atoms with Crippen molar-refractivity contribution >= 4 is 39.8 Å². The number of sulfone groups is 1. The Morgan fingerprint density at radius 1 is 1.27 bits per heavy atom. The van der Waals surface area contributed by atoms with Crippen LogP contribution in [0.5, 0.6) is 0 Å². The minimum atomic E-state index is -3.63. The van der Waals surface area contributed by atoms with E-state index in [9.17, 15) is 13.2 Å². The highest BCUT2D eigenvalue weighted by molar-refractivity contribution is 7.92. The zero-order chi connectivity index (χ0) is 15.3. The Bertz CT molecular complexity index is 643. The van der Waals surface area contributed by atoms with Crippen LogP contribution in [0.15, 0.2) is 40.8 Å². The van der Waals surface area contributed by atoms with Crippen molar-refractivity contribution in [1.82, 2.24) is 10.6 Å². The van der Waals surface area contributed by atoms with Gasteiger partial charge in [0.25, 0.3) is 0 Å². The number of halogens is 2. The summed E-state index contributed by atoms with van der Waals surface area (Å²) in [4.78, 5) is 11.9. The first kappa shape index (κ1) is 19.0. The third-order valence-electron chi connectivity index (χ3n) is 3.16. The van der Waals surface area contributed by atoms with Gasteiger partial charge in [0, 0.05) is 18.1 Å². The van der Waals surface area contributed by atoms with Gasteiger partial charge in [-0.1, -0.05) is 23.3 Å². The first-order valence-corrected chi connectivity index (χ1v) is 8.64. The maximum absolute atomic E-state index is 12.1. The second-order valence-electron chi connectivity index (χ2n) is 4.81. The summed E-state index contributed by atoms with van der Waals surface area (Å²) < 4.78 is 24.2. The zero-order valence-corrected chi connectivity index (χ0v) is 14.2. The Balaban J connectivity index is 0.00000242. The van der Waals surface area contributed by atoms with E-state index >= 15 is 0 Å². The predicted octanol–water partition coefficient (Wildman–Crippen LogP) is 1.57. The molecular weight excluding hydrogens is 347 g/mol. The van der Waals surface area contributed by atoms with E-state index in [1.807, 2.05) is 6.08 Å². The van der Waals surface area contributed by atoms with Crippen molar-refractivity contribution in [3.8, 4) is 0 Å². The number of hydrogen-bond acceptors (Lipinski definition) is 4. The molecule has 0 radical (unpaired) electrons. The fourth-order valence-corrected chi connectivity index (χ4v) is 3.28. The molecule has 122 valence electrons. The Kier molecular flexibility index (Phi) is 7.35. The quantitative estimate of drug-likeness (QED) is 0.777. The molecule has 1 heterocycles. The van der Waals surface area contributed by atoms with E-state index in [4.69, 9.17) is 11.6 Å². The molecule has 0 saturated heterocycles. The van der Waals surface area contributed by atoms with E-state index < -0.39 is 21.5 Å². The molecule has 0 saturated carbocycles. The van der Waals surface area contributed by atoms with Crippen LogP contribution in [-0.2, 0) is 14.6 Å². The molecule has 1 amide bonds. The molecule has 1 aliphatic rings. The lowest BCUT2D eigenvalue weighted by Gasteiger charge is -2.14. The molecule has 5 nitrogen and oxygen atoms in total. The lowest BCUT2D eigenvalue weighted by Crippen LogP contribution is -2.33. The van der Waals surface area contributed by atoms with Gasteiger partial charge in [-0.2, -0.15) is 0 Å². The van der Waals surface area contributed by atoms with Gasteiger partial charge in [0.1, 0.15) is 5.75 Å². The summed E-state index contributed by atoms with van der Waals surface area (Å²) in [6.07, 6.45) is 2.88. The summed E-state index contributed by atoms with van der Waals surface area (Å²) in [6.45, 7) is 2.07. The summed E-state index contributed by atoms with van der Waals surface area (Å²) >= 11 is 5.72. The summed E-state index contributed by atoms with van der Waals surface area (Å²) in [7, 11) is -3.63.